The van der Waals surface area contributed by atoms with Gasteiger partial charge in [-0.25, -0.2) is 0 Å². The molecule has 1 N–H and O–H groups in total. The third-order valence-electron chi connectivity index (χ3n) is 4.38. The molecular weight excluding hydrogens is 359 g/mol. The van der Waals surface area contributed by atoms with Crippen LogP contribution in [0, 0.1) is 5.92 Å². The van der Waals surface area contributed by atoms with Crippen LogP contribution in [0.15, 0.2) is 10.1 Å². The Morgan fingerprint density at radius 3 is 2.30 bits per heavy atom. The highest BCUT2D eigenvalue weighted by molar-refractivity contribution is 6.60. The number of fused-ring (bicyclic) bond motifs is 2. The summed E-state index contributed by atoms with van der Waals surface area (Å²) in [5, 5.41) is 4.39. The van der Waals surface area contributed by atoms with Crippen LogP contribution in [0.5, 0.6) is 0 Å². The number of alkyl halides is 3. The van der Waals surface area contributed by atoms with Crippen molar-refractivity contribution in [1.82, 2.24) is 5.32 Å². The normalized spacial score (nSPS) is 35.1. The van der Waals surface area contributed by atoms with Gasteiger partial charge in [0.2, 0.25) is 0 Å². The van der Waals surface area contributed by atoms with Gasteiger partial charge in [0, 0.05) is 17.0 Å². The maximum Gasteiger partial charge on any atom is 0.151 e. The molecule has 2 aliphatic rings. The summed E-state index contributed by atoms with van der Waals surface area (Å²) in [6.45, 7) is 3.12. The van der Waals surface area contributed by atoms with E-state index in [4.69, 9.17) is 58.0 Å². The highest BCUT2D eigenvalue weighted by Crippen LogP contribution is 2.67. The van der Waals surface area contributed by atoms with Crippen molar-refractivity contribution in [1.29, 1.82) is 0 Å². The van der Waals surface area contributed by atoms with Crippen molar-refractivity contribution in [2.24, 2.45) is 5.92 Å². The predicted molar refractivity (Wildman–Crippen MR) is 90.4 cm³/mol. The van der Waals surface area contributed by atoms with Gasteiger partial charge in [-0.1, -0.05) is 79.0 Å². The summed E-state index contributed by atoms with van der Waals surface area (Å²) in [6.07, 6.45) is 6.91. The molecule has 116 valence electrons. The smallest absolute Gasteiger partial charge is 0.151 e. The van der Waals surface area contributed by atoms with Gasteiger partial charge in [-0.05, 0) is 19.4 Å². The number of unbranched alkanes of at least 4 members (excludes halogenated alkanes) is 4. The molecule has 0 aliphatic heterocycles. The van der Waals surface area contributed by atoms with Crippen LogP contribution < -0.4 is 5.32 Å². The molecule has 1 nitrogen and oxygen atoms in total. The predicted octanol–water partition coefficient (Wildman–Crippen LogP) is 5.79. The Balaban J connectivity index is 1.89. The van der Waals surface area contributed by atoms with E-state index in [0.717, 1.165) is 19.4 Å². The van der Waals surface area contributed by atoms with E-state index in [9.17, 15) is 0 Å². The average molecular weight is 380 g/mol. The van der Waals surface area contributed by atoms with Crippen molar-refractivity contribution in [2.75, 3.05) is 6.54 Å². The first kappa shape index (κ1) is 17.5. The van der Waals surface area contributed by atoms with Crippen LogP contribution in [0.1, 0.15) is 45.4 Å². The van der Waals surface area contributed by atoms with Crippen LogP contribution in [-0.2, 0) is 0 Å². The number of hydrogen-bond donors (Lipinski definition) is 1. The van der Waals surface area contributed by atoms with Gasteiger partial charge in [0.15, 0.2) is 4.33 Å². The summed E-state index contributed by atoms with van der Waals surface area (Å²) in [5.74, 6) is -0.171. The lowest BCUT2D eigenvalue weighted by Crippen LogP contribution is -2.50. The highest BCUT2D eigenvalue weighted by Gasteiger charge is 2.71. The number of rotatable bonds is 7. The molecule has 0 spiro atoms. The van der Waals surface area contributed by atoms with E-state index >= 15 is 0 Å². The van der Waals surface area contributed by atoms with E-state index in [0.29, 0.717) is 10.1 Å². The molecule has 2 bridgehead atoms. The van der Waals surface area contributed by atoms with Crippen molar-refractivity contribution in [3.8, 4) is 0 Å². The van der Waals surface area contributed by atoms with Crippen LogP contribution >= 0.6 is 58.0 Å². The zero-order chi connectivity index (χ0) is 15.0. The summed E-state index contributed by atoms with van der Waals surface area (Å²) < 4.78 is -1.12. The van der Waals surface area contributed by atoms with Gasteiger partial charge >= 0.3 is 0 Å². The number of hydrogen-bond acceptors (Lipinski definition) is 1. The van der Waals surface area contributed by atoms with Crippen LogP contribution in [-0.4, -0.2) is 21.8 Å². The lowest BCUT2D eigenvalue weighted by atomic mass is 10.00. The molecule has 3 atom stereocenters. The van der Waals surface area contributed by atoms with Gasteiger partial charge < -0.3 is 5.32 Å². The summed E-state index contributed by atoms with van der Waals surface area (Å²) in [4.78, 5) is -0.997. The van der Waals surface area contributed by atoms with Crippen molar-refractivity contribution in [2.45, 2.75) is 60.7 Å². The Morgan fingerprint density at radius 1 is 1.10 bits per heavy atom. The molecule has 2 rings (SSSR count). The first-order valence-electron chi connectivity index (χ1n) is 7.23. The third kappa shape index (κ3) is 2.72. The minimum Gasteiger partial charge on any atom is -0.312 e. The van der Waals surface area contributed by atoms with Gasteiger partial charge in [0.1, 0.15) is 4.87 Å². The molecule has 6 heteroatoms. The zero-order valence-electron chi connectivity index (χ0n) is 11.5. The molecule has 1 fully saturated rings. The lowest BCUT2D eigenvalue weighted by Gasteiger charge is -2.34. The Labute approximate surface area is 146 Å². The van der Waals surface area contributed by atoms with E-state index in [1.165, 1.54) is 25.7 Å². The van der Waals surface area contributed by atoms with Gasteiger partial charge in [-0.15, -0.1) is 11.6 Å². The van der Waals surface area contributed by atoms with Crippen LogP contribution in [0.2, 0.25) is 0 Å². The minimum absolute atomic E-state index is 0.0228. The maximum atomic E-state index is 6.66. The molecule has 0 heterocycles. The van der Waals surface area contributed by atoms with E-state index in [-0.39, 0.29) is 12.0 Å². The molecule has 0 aromatic rings. The van der Waals surface area contributed by atoms with Gasteiger partial charge in [-0.3, -0.25) is 0 Å². The molecule has 20 heavy (non-hydrogen) atoms. The molecule has 0 radical (unpaired) electrons. The second-order valence-electron chi connectivity index (χ2n) is 5.71. The van der Waals surface area contributed by atoms with Crippen molar-refractivity contribution in [3.05, 3.63) is 10.1 Å². The lowest BCUT2D eigenvalue weighted by molar-refractivity contribution is 0.449. The van der Waals surface area contributed by atoms with Gasteiger partial charge in [0.25, 0.3) is 0 Å². The van der Waals surface area contributed by atoms with E-state index in [2.05, 4.69) is 12.2 Å². The first-order valence-corrected chi connectivity index (χ1v) is 9.12. The minimum atomic E-state index is -1.12. The highest BCUT2D eigenvalue weighted by atomic mass is 35.5. The van der Waals surface area contributed by atoms with Crippen molar-refractivity contribution >= 4 is 58.0 Å². The quantitative estimate of drug-likeness (QED) is 0.436. The second kappa shape index (κ2) is 6.72. The number of nitrogens with one attached hydrogen (secondary N) is 1. The van der Waals surface area contributed by atoms with E-state index in [1.807, 2.05) is 0 Å². The Hall–Kier alpha value is 1.15. The fraction of sp³-hybridized carbons (Fsp3) is 0.857. The van der Waals surface area contributed by atoms with E-state index in [1.54, 1.807) is 0 Å². The molecule has 1 saturated carbocycles. The summed E-state index contributed by atoms with van der Waals surface area (Å²) in [5.41, 5.74) is 0. The fourth-order valence-corrected chi connectivity index (χ4v) is 5.47. The van der Waals surface area contributed by atoms with Crippen LogP contribution in [0.3, 0.4) is 0 Å². The monoisotopic (exact) mass is 377 g/mol. The van der Waals surface area contributed by atoms with E-state index < -0.39 is 9.21 Å². The molecule has 2 aliphatic carbocycles. The van der Waals surface area contributed by atoms with Gasteiger partial charge in [0.05, 0.1) is 5.03 Å². The second-order valence-corrected chi connectivity index (χ2v) is 8.47. The van der Waals surface area contributed by atoms with Crippen molar-refractivity contribution in [3.63, 3.8) is 0 Å². The zero-order valence-corrected chi connectivity index (χ0v) is 15.3. The van der Waals surface area contributed by atoms with Crippen LogP contribution in [0.4, 0.5) is 0 Å². The maximum absolute atomic E-state index is 6.66. The van der Waals surface area contributed by atoms with Gasteiger partial charge in [-0.2, -0.15) is 0 Å². The number of halogens is 5. The molecule has 0 aromatic heterocycles. The van der Waals surface area contributed by atoms with Crippen molar-refractivity contribution < 1.29 is 0 Å². The standard InChI is InChI=1S/C14H20Cl5N/c1-2-3-4-5-6-7-20-10-8-9-11(15)12(16)13(10,17)14(9,18)19/h9-10,20H,2-8H2,1H3. The average Bonchev–Trinajstić information content (AvgIpc) is 2.67. The largest absolute Gasteiger partial charge is 0.312 e. The summed E-state index contributed by atoms with van der Waals surface area (Å²) >= 11 is 32.0. The third-order valence-corrected chi connectivity index (χ3v) is 7.59. The Kier molecular flexibility index (Phi) is 5.88. The molecule has 3 unspecified atom stereocenters. The number of allylic oxidation sites excluding steroid dienone is 1. The molecule has 0 aromatic carbocycles. The SMILES string of the molecule is CCCCCCCNC1CC2C(Cl)=C(Cl)C1(Cl)C2(Cl)Cl. The molecular formula is C14H20Cl5N. The fourth-order valence-electron chi connectivity index (χ4n) is 3.15. The summed E-state index contributed by atoms with van der Waals surface area (Å²) in [7, 11) is 0. The molecule has 0 saturated heterocycles. The summed E-state index contributed by atoms with van der Waals surface area (Å²) in [6, 6.07) is -0.0228. The topological polar surface area (TPSA) is 12.0 Å². The Bertz CT molecular complexity index is 395. The van der Waals surface area contributed by atoms with Crippen LogP contribution in [0.25, 0.3) is 0 Å². The molecule has 0 amide bonds. The Morgan fingerprint density at radius 2 is 1.75 bits per heavy atom. The first-order chi connectivity index (χ1) is 9.37.